The number of esters is 1. The molecule has 1 aromatic carbocycles. The summed E-state index contributed by atoms with van der Waals surface area (Å²) in [7, 11) is 3.05. The fourth-order valence-electron chi connectivity index (χ4n) is 3.69. The molecule has 0 aliphatic carbocycles. The number of aryl methyl sites for hydroxylation is 2. The van der Waals surface area contributed by atoms with E-state index in [1.807, 2.05) is 41.1 Å². The first kappa shape index (κ1) is 19.7. The van der Waals surface area contributed by atoms with Gasteiger partial charge < -0.3 is 9.30 Å². The first-order valence-corrected chi connectivity index (χ1v) is 9.82. The molecule has 0 atom stereocenters. The van der Waals surface area contributed by atoms with Gasteiger partial charge in [-0.3, -0.25) is 23.1 Å². The van der Waals surface area contributed by atoms with Crippen LogP contribution in [0.2, 0.25) is 0 Å². The van der Waals surface area contributed by atoms with Gasteiger partial charge in [0, 0.05) is 33.3 Å². The Bertz CT molecular complexity index is 1360. The third kappa shape index (κ3) is 3.12. The minimum atomic E-state index is -0.426. The minimum Gasteiger partial charge on any atom is -0.466 e. The highest BCUT2D eigenvalue weighted by atomic mass is 16.5. The largest absolute Gasteiger partial charge is 0.466 e. The number of ether oxygens (including phenoxy) is 1. The predicted molar refractivity (Wildman–Crippen MR) is 112 cm³/mol. The topological polar surface area (TPSA) is 92.5 Å². The lowest BCUT2D eigenvalue weighted by Gasteiger charge is -2.09. The van der Waals surface area contributed by atoms with Crippen molar-refractivity contribution in [1.82, 2.24) is 23.1 Å². The van der Waals surface area contributed by atoms with Crippen LogP contribution in [0.4, 0.5) is 0 Å². The van der Waals surface area contributed by atoms with Crippen molar-refractivity contribution in [3.05, 3.63) is 57.4 Å². The number of rotatable bonds is 6. The Morgan fingerprint density at radius 3 is 2.53 bits per heavy atom. The zero-order valence-electron chi connectivity index (χ0n) is 17.2. The molecule has 0 radical (unpaired) electrons. The Hall–Kier alpha value is -3.62. The molecule has 9 nitrogen and oxygen atoms in total. The van der Waals surface area contributed by atoms with Crippen molar-refractivity contribution in [2.45, 2.75) is 26.3 Å². The zero-order chi connectivity index (χ0) is 21.4. The fraction of sp³-hybridized carbons (Fsp3) is 0.333. The van der Waals surface area contributed by atoms with Gasteiger partial charge in [-0.2, -0.15) is 4.98 Å². The van der Waals surface area contributed by atoms with Gasteiger partial charge in [0.25, 0.3) is 5.56 Å². The van der Waals surface area contributed by atoms with E-state index in [0.29, 0.717) is 36.5 Å². The number of imidazole rings is 2. The van der Waals surface area contributed by atoms with Crippen molar-refractivity contribution < 1.29 is 9.53 Å². The Balaban J connectivity index is 1.91. The SMILES string of the molecule is CCOC(=O)CCCn1c(-c2ccccc2)cn2c3c(=O)n(C)c(=O)n(C)c3nc12. The van der Waals surface area contributed by atoms with E-state index in [0.717, 1.165) is 15.8 Å². The number of hydrogen-bond donors (Lipinski definition) is 0. The van der Waals surface area contributed by atoms with Crippen LogP contribution in [-0.4, -0.2) is 35.7 Å². The zero-order valence-corrected chi connectivity index (χ0v) is 17.2. The number of fused-ring (bicyclic) bond motifs is 3. The molecule has 0 saturated heterocycles. The van der Waals surface area contributed by atoms with Crippen LogP contribution in [0.3, 0.4) is 0 Å². The quantitative estimate of drug-likeness (QED) is 0.452. The van der Waals surface area contributed by atoms with Gasteiger partial charge in [-0.1, -0.05) is 30.3 Å². The molecule has 4 rings (SSSR count). The van der Waals surface area contributed by atoms with Crippen LogP contribution in [0.1, 0.15) is 19.8 Å². The third-order valence-corrected chi connectivity index (χ3v) is 5.19. The molecule has 3 heterocycles. The van der Waals surface area contributed by atoms with Gasteiger partial charge in [0.1, 0.15) is 0 Å². The fourth-order valence-corrected chi connectivity index (χ4v) is 3.69. The Morgan fingerprint density at radius 2 is 1.83 bits per heavy atom. The van der Waals surface area contributed by atoms with Crippen molar-refractivity contribution >= 4 is 22.9 Å². The highest BCUT2D eigenvalue weighted by Gasteiger charge is 2.20. The van der Waals surface area contributed by atoms with Gasteiger partial charge in [-0.25, -0.2) is 4.79 Å². The maximum Gasteiger partial charge on any atom is 0.332 e. The average Bonchev–Trinajstić information content (AvgIpc) is 3.28. The second-order valence-corrected chi connectivity index (χ2v) is 7.10. The molecule has 4 aromatic rings. The lowest BCUT2D eigenvalue weighted by molar-refractivity contribution is -0.143. The summed E-state index contributed by atoms with van der Waals surface area (Å²) in [6, 6.07) is 9.77. The van der Waals surface area contributed by atoms with E-state index < -0.39 is 11.2 Å². The summed E-state index contributed by atoms with van der Waals surface area (Å²) in [4.78, 5) is 41.5. The van der Waals surface area contributed by atoms with E-state index in [1.165, 1.54) is 11.6 Å². The highest BCUT2D eigenvalue weighted by molar-refractivity contribution is 5.78. The number of benzene rings is 1. The number of hydrogen-bond acceptors (Lipinski definition) is 5. The Morgan fingerprint density at radius 1 is 1.10 bits per heavy atom. The average molecular weight is 409 g/mol. The molecule has 0 fully saturated rings. The molecule has 0 amide bonds. The van der Waals surface area contributed by atoms with Crippen molar-refractivity contribution in [3.63, 3.8) is 0 Å². The molecule has 30 heavy (non-hydrogen) atoms. The summed E-state index contributed by atoms with van der Waals surface area (Å²) in [5, 5.41) is 0. The van der Waals surface area contributed by atoms with E-state index >= 15 is 0 Å². The number of carbonyl (C=O) groups excluding carboxylic acids is 1. The molecule has 0 unspecified atom stereocenters. The van der Waals surface area contributed by atoms with E-state index in [1.54, 1.807) is 18.4 Å². The lowest BCUT2D eigenvalue weighted by Crippen LogP contribution is -2.37. The summed E-state index contributed by atoms with van der Waals surface area (Å²) in [6.45, 7) is 2.64. The molecular formula is C21H23N5O4. The maximum atomic E-state index is 12.8. The van der Waals surface area contributed by atoms with Crippen LogP contribution in [0.15, 0.2) is 46.1 Å². The summed E-state index contributed by atoms with van der Waals surface area (Å²) in [5.74, 6) is 0.303. The van der Waals surface area contributed by atoms with Crippen LogP contribution in [-0.2, 0) is 30.2 Å². The van der Waals surface area contributed by atoms with E-state index in [2.05, 4.69) is 4.98 Å². The highest BCUT2D eigenvalue weighted by Crippen LogP contribution is 2.25. The van der Waals surface area contributed by atoms with Crippen LogP contribution in [0, 0.1) is 0 Å². The number of aromatic nitrogens is 5. The first-order valence-electron chi connectivity index (χ1n) is 9.82. The summed E-state index contributed by atoms with van der Waals surface area (Å²) < 4.78 is 11.2. The van der Waals surface area contributed by atoms with Gasteiger partial charge in [-0.15, -0.1) is 0 Å². The summed E-state index contributed by atoms with van der Waals surface area (Å²) >= 11 is 0. The van der Waals surface area contributed by atoms with Gasteiger partial charge >= 0.3 is 11.7 Å². The van der Waals surface area contributed by atoms with Crippen LogP contribution >= 0.6 is 0 Å². The lowest BCUT2D eigenvalue weighted by atomic mass is 10.1. The van der Waals surface area contributed by atoms with Crippen LogP contribution < -0.4 is 11.2 Å². The normalized spacial score (nSPS) is 11.4. The number of nitrogens with zero attached hydrogens (tertiary/aromatic N) is 5. The number of carbonyl (C=O) groups is 1. The van der Waals surface area contributed by atoms with E-state index in [4.69, 9.17) is 4.74 Å². The van der Waals surface area contributed by atoms with Crippen LogP contribution in [0.5, 0.6) is 0 Å². The van der Waals surface area contributed by atoms with Crippen molar-refractivity contribution in [2.75, 3.05) is 6.61 Å². The second kappa shape index (κ2) is 7.66. The van der Waals surface area contributed by atoms with Gasteiger partial charge in [0.2, 0.25) is 5.78 Å². The third-order valence-electron chi connectivity index (χ3n) is 5.19. The van der Waals surface area contributed by atoms with Gasteiger partial charge in [-0.05, 0) is 18.9 Å². The Labute approximate surface area is 171 Å². The van der Waals surface area contributed by atoms with Crippen molar-refractivity contribution in [1.29, 1.82) is 0 Å². The molecule has 156 valence electrons. The minimum absolute atomic E-state index is 0.244. The maximum absolute atomic E-state index is 12.8. The smallest absolute Gasteiger partial charge is 0.332 e. The predicted octanol–water partition coefficient (Wildman–Crippen LogP) is 1.70. The Kier molecular flexibility index (Phi) is 5.03. The van der Waals surface area contributed by atoms with E-state index in [-0.39, 0.29) is 12.4 Å². The van der Waals surface area contributed by atoms with Crippen molar-refractivity contribution in [2.24, 2.45) is 14.1 Å². The molecule has 0 bridgehead atoms. The van der Waals surface area contributed by atoms with E-state index in [9.17, 15) is 14.4 Å². The molecule has 0 N–H and O–H groups in total. The molecule has 0 aliphatic heterocycles. The molecule has 3 aromatic heterocycles. The molecule has 0 spiro atoms. The van der Waals surface area contributed by atoms with Gasteiger partial charge in [0.15, 0.2) is 11.2 Å². The molecular weight excluding hydrogens is 386 g/mol. The van der Waals surface area contributed by atoms with Crippen molar-refractivity contribution in [3.8, 4) is 11.3 Å². The molecule has 9 heteroatoms. The van der Waals surface area contributed by atoms with Gasteiger partial charge in [0.05, 0.1) is 12.3 Å². The first-order chi connectivity index (χ1) is 14.4. The monoisotopic (exact) mass is 409 g/mol. The second-order valence-electron chi connectivity index (χ2n) is 7.10. The summed E-state index contributed by atoms with van der Waals surface area (Å²) in [6.07, 6.45) is 2.70. The molecule has 0 aliphatic rings. The molecule has 0 saturated carbocycles. The summed E-state index contributed by atoms with van der Waals surface area (Å²) in [5.41, 5.74) is 1.69. The standard InChI is InChI=1S/C21H23N5O4/c1-4-30-16(27)11-8-12-25-15(14-9-6-5-7-10-14)13-26-17-18(22-20(25)26)23(2)21(29)24(3)19(17)28/h5-7,9-10,13H,4,8,11-12H2,1-3H3. The van der Waals surface area contributed by atoms with Crippen LogP contribution in [0.25, 0.3) is 28.2 Å².